The lowest BCUT2D eigenvalue weighted by atomic mass is 10.1. The van der Waals surface area contributed by atoms with Gasteiger partial charge in [0.2, 0.25) is 11.8 Å². The average molecular weight is 407 g/mol. The molecule has 0 aliphatic carbocycles. The zero-order valence-electron chi connectivity index (χ0n) is 13.9. The first-order valence-corrected chi connectivity index (χ1v) is 9.19. The summed E-state index contributed by atoms with van der Waals surface area (Å²) in [5.41, 5.74) is 0.257. The Morgan fingerprint density at radius 1 is 1.22 bits per heavy atom. The third-order valence-corrected chi connectivity index (χ3v) is 4.95. The maximum Gasteiger partial charge on any atom is 0.322 e. The second-order valence-corrected chi connectivity index (χ2v) is 6.98. The van der Waals surface area contributed by atoms with E-state index in [9.17, 15) is 19.2 Å². The predicted octanol–water partition coefficient (Wildman–Crippen LogP) is 1.37. The van der Waals surface area contributed by atoms with Crippen LogP contribution in [0.1, 0.15) is 10.4 Å². The van der Waals surface area contributed by atoms with Crippen molar-refractivity contribution in [2.24, 2.45) is 0 Å². The molecule has 1 aliphatic heterocycles. The minimum Gasteiger partial charge on any atom is -0.352 e. The number of hydrogen-bond donors (Lipinski definition) is 3. The third-order valence-electron chi connectivity index (χ3n) is 3.83. The maximum absolute atomic E-state index is 12.5. The van der Waals surface area contributed by atoms with Gasteiger partial charge in [-0.2, -0.15) is 0 Å². The summed E-state index contributed by atoms with van der Waals surface area (Å²) in [6, 6.07) is 8.08. The van der Waals surface area contributed by atoms with Gasteiger partial charge in [-0.05, 0) is 41.8 Å². The first-order chi connectivity index (χ1) is 13.0. The number of β-lactam (4-membered cyclic amide) rings is 1. The topological polar surface area (TPSA) is 108 Å². The van der Waals surface area contributed by atoms with E-state index >= 15 is 0 Å². The fourth-order valence-corrected chi connectivity index (χ4v) is 3.33. The summed E-state index contributed by atoms with van der Waals surface area (Å²) in [6.45, 7) is -0.00880. The van der Waals surface area contributed by atoms with Crippen LogP contribution in [0.4, 0.5) is 9.80 Å². The molecule has 1 aromatic carbocycles. The minimum absolute atomic E-state index is 0.251. The van der Waals surface area contributed by atoms with E-state index in [2.05, 4.69) is 16.0 Å². The Kier molecular flexibility index (Phi) is 5.72. The molecule has 8 nitrogen and oxygen atoms in total. The third kappa shape index (κ3) is 4.44. The fraction of sp³-hybridized carbons (Fsp3) is 0.176. The summed E-state index contributed by atoms with van der Waals surface area (Å²) in [7, 11) is 0. The zero-order chi connectivity index (χ0) is 19.4. The lowest BCUT2D eigenvalue weighted by Gasteiger charge is -2.35. The normalized spacial score (nSPS) is 15.3. The lowest BCUT2D eigenvalue weighted by molar-refractivity contribution is -0.130. The van der Waals surface area contributed by atoms with Crippen LogP contribution < -0.4 is 20.9 Å². The van der Waals surface area contributed by atoms with Crippen LogP contribution in [0.2, 0.25) is 5.02 Å². The Labute approximate surface area is 163 Å². The second kappa shape index (κ2) is 8.19. The van der Waals surface area contributed by atoms with Crippen LogP contribution in [0, 0.1) is 0 Å². The molecule has 0 saturated carbocycles. The molecule has 10 heteroatoms. The highest BCUT2D eigenvalue weighted by atomic mass is 35.5. The van der Waals surface area contributed by atoms with Gasteiger partial charge in [-0.15, -0.1) is 11.3 Å². The van der Waals surface area contributed by atoms with Crippen molar-refractivity contribution in [1.29, 1.82) is 0 Å². The van der Waals surface area contributed by atoms with Crippen LogP contribution in [0.25, 0.3) is 0 Å². The van der Waals surface area contributed by atoms with Gasteiger partial charge in [-0.3, -0.25) is 24.6 Å². The van der Waals surface area contributed by atoms with E-state index in [1.54, 1.807) is 17.5 Å². The van der Waals surface area contributed by atoms with E-state index < -0.39 is 23.9 Å². The van der Waals surface area contributed by atoms with Crippen LogP contribution in [0.5, 0.6) is 0 Å². The van der Waals surface area contributed by atoms with Crippen LogP contribution in [-0.4, -0.2) is 42.9 Å². The van der Waals surface area contributed by atoms with Gasteiger partial charge in [0.15, 0.2) is 0 Å². The van der Waals surface area contributed by atoms with Crippen LogP contribution in [-0.2, 0) is 9.59 Å². The minimum atomic E-state index is -0.813. The highest BCUT2D eigenvalue weighted by Gasteiger charge is 2.37. The number of imide groups is 1. The number of nitrogens with zero attached hydrogens (tertiary/aromatic N) is 1. The number of benzene rings is 1. The van der Waals surface area contributed by atoms with Crippen molar-refractivity contribution in [3.63, 3.8) is 0 Å². The van der Waals surface area contributed by atoms with Crippen molar-refractivity contribution >= 4 is 51.7 Å². The molecule has 0 radical (unpaired) electrons. The number of anilines is 1. The number of carbonyl (C=O) groups excluding carboxylic acids is 4. The Morgan fingerprint density at radius 3 is 2.52 bits per heavy atom. The Hall–Kier alpha value is -2.91. The average Bonchev–Trinajstić information content (AvgIpc) is 3.17. The number of urea groups is 1. The van der Waals surface area contributed by atoms with Crippen molar-refractivity contribution in [3.8, 4) is 0 Å². The van der Waals surface area contributed by atoms with Crippen LogP contribution in [0.3, 0.4) is 0 Å². The molecular formula is C17H15ClN4O4S. The molecule has 1 fully saturated rings. The molecule has 5 amide bonds. The van der Waals surface area contributed by atoms with Crippen molar-refractivity contribution in [2.45, 2.75) is 6.04 Å². The van der Waals surface area contributed by atoms with Gasteiger partial charge in [0, 0.05) is 17.1 Å². The monoisotopic (exact) mass is 406 g/mol. The zero-order valence-corrected chi connectivity index (χ0v) is 15.5. The van der Waals surface area contributed by atoms with Gasteiger partial charge in [0.1, 0.15) is 6.04 Å². The largest absolute Gasteiger partial charge is 0.352 e. The van der Waals surface area contributed by atoms with Crippen LogP contribution >= 0.6 is 22.9 Å². The van der Waals surface area contributed by atoms with E-state index in [1.807, 2.05) is 0 Å². The molecule has 3 N–H and O–H groups in total. The van der Waals surface area contributed by atoms with E-state index in [0.717, 1.165) is 0 Å². The van der Waals surface area contributed by atoms with E-state index in [0.29, 0.717) is 16.6 Å². The number of hydrogen-bond acceptors (Lipinski definition) is 5. The lowest BCUT2D eigenvalue weighted by Crippen LogP contribution is -2.64. The molecule has 1 saturated heterocycles. The second-order valence-electron chi connectivity index (χ2n) is 5.62. The quantitative estimate of drug-likeness (QED) is 0.652. The highest BCUT2D eigenvalue weighted by Crippen LogP contribution is 2.25. The molecule has 3 rings (SSSR count). The number of halogens is 1. The molecule has 1 atom stereocenters. The van der Waals surface area contributed by atoms with Crippen LogP contribution in [0.15, 0.2) is 41.8 Å². The summed E-state index contributed by atoms with van der Waals surface area (Å²) in [5.74, 6) is -1.32. The predicted molar refractivity (Wildman–Crippen MR) is 101 cm³/mol. The molecule has 2 aromatic rings. The summed E-state index contributed by atoms with van der Waals surface area (Å²) < 4.78 is 0. The van der Waals surface area contributed by atoms with E-state index in [-0.39, 0.29) is 18.0 Å². The molecule has 0 spiro atoms. The standard InChI is InChI=1S/C17H15ClN4O4S/c18-11-5-3-10(4-6-11)15(24)21-17(26)20-9-13(23)22(12-8-19-16(12)25)14-2-1-7-27-14/h1-7,12H,8-9H2,(H,19,25)(H2,20,21,24,26). The Balaban J connectivity index is 1.57. The molecular weight excluding hydrogens is 392 g/mol. The van der Waals surface area contributed by atoms with Gasteiger partial charge in [0.05, 0.1) is 11.5 Å². The summed E-state index contributed by atoms with van der Waals surface area (Å²) in [4.78, 5) is 49.4. The SMILES string of the molecule is O=C(NCC(=O)N(c1cccs1)C1CNC1=O)NC(=O)c1ccc(Cl)cc1. The van der Waals surface area contributed by atoms with E-state index in [4.69, 9.17) is 11.6 Å². The maximum atomic E-state index is 12.5. The van der Waals surface area contributed by atoms with Gasteiger partial charge in [0.25, 0.3) is 5.91 Å². The smallest absolute Gasteiger partial charge is 0.322 e. The number of carbonyl (C=O) groups is 4. The summed E-state index contributed by atoms with van der Waals surface area (Å²) >= 11 is 7.06. The molecule has 27 heavy (non-hydrogen) atoms. The summed E-state index contributed by atoms with van der Waals surface area (Å²) in [5, 5.41) is 9.92. The number of nitrogens with one attached hydrogen (secondary N) is 3. The molecule has 0 bridgehead atoms. The van der Waals surface area contributed by atoms with Crippen molar-refractivity contribution < 1.29 is 19.2 Å². The number of rotatable bonds is 5. The number of amides is 5. The van der Waals surface area contributed by atoms with Gasteiger partial charge < -0.3 is 10.6 Å². The fourth-order valence-electron chi connectivity index (χ4n) is 2.40. The molecule has 140 valence electrons. The number of thiophene rings is 1. The first-order valence-electron chi connectivity index (χ1n) is 7.94. The van der Waals surface area contributed by atoms with Crippen molar-refractivity contribution in [3.05, 3.63) is 52.4 Å². The van der Waals surface area contributed by atoms with Crippen molar-refractivity contribution in [2.75, 3.05) is 18.0 Å². The summed E-state index contributed by atoms with van der Waals surface area (Å²) in [6.07, 6.45) is 0. The van der Waals surface area contributed by atoms with E-state index in [1.165, 1.54) is 40.5 Å². The molecule has 1 aliphatic rings. The van der Waals surface area contributed by atoms with Gasteiger partial charge >= 0.3 is 6.03 Å². The molecule has 1 unspecified atom stereocenters. The highest BCUT2D eigenvalue weighted by molar-refractivity contribution is 7.14. The van der Waals surface area contributed by atoms with Gasteiger partial charge in [-0.25, -0.2) is 4.79 Å². The van der Waals surface area contributed by atoms with Crippen molar-refractivity contribution in [1.82, 2.24) is 16.0 Å². The van der Waals surface area contributed by atoms with Gasteiger partial charge in [-0.1, -0.05) is 11.6 Å². The Bertz CT molecular complexity index is 870. The Morgan fingerprint density at radius 2 is 1.96 bits per heavy atom. The first kappa shape index (κ1) is 18.9. The molecule has 2 heterocycles. The molecule has 1 aromatic heterocycles.